The third-order valence-corrected chi connectivity index (χ3v) is 1.80. The molecule has 0 aliphatic carbocycles. The van der Waals surface area contributed by atoms with Crippen molar-refractivity contribution >= 4 is 29.2 Å². The number of amides is 3. The molecule has 4 nitrogen and oxygen atoms in total. The molecule has 92 valence electrons. The minimum atomic E-state index is -5.11. The highest BCUT2D eigenvalue weighted by atomic mass is 35.5. The molecule has 0 saturated carbocycles. The van der Waals surface area contributed by atoms with E-state index >= 15 is 0 Å². The van der Waals surface area contributed by atoms with Crippen LogP contribution in [0.3, 0.4) is 0 Å². The molecular weight excluding hydrogens is 261 g/mol. The van der Waals surface area contributed by atoms with E-state index in [1.165, 1.54) is 24.3 Å². The maximum atomic E-state index is 11.8. The van der Waals surface area contributed by atoms with E-state index in [9.17, 15) is 22.8 Å². The third-order valence-electron chi connectivity index (χ3n) is 1.57. The fraction of sp³-hybridized carbons (Fsp3) is 0.111. The molecule has 0 atom stereocenters. The molecular formula is C9H6ClF3N2O2. The van der Waals surface area contributed by atoms with Crippen LogP contribution in [0.2, 0.25) is 5.02 Å². The van der Waals surface area contributed by atoms with Crippen molar-refractivity contribution in [3.8, 4) is 0 Å². The van der Waals surface area contributed by atoms with Crippen molar-refractivity contribution in [2.45, 2.75) is 6.18 Å². The largest absolute Gasteiger partial charge is 0.471 e. The van der Waals surface area contributed by atoms with Gasteiger partial charge < -0.3 is 5.32 Å². The summed E-state index contributed by atoms with van der Waals surface area (Å²) in [5.41, 5.74) is 0.171. The number of hydrogen-bond acceptors (Lipinski definition) is 2. The number of benzene rings is 1. The lowest BCUT2D eigenvalue weighted by Gasteiger charge is -2.08. The Morgan fingerprint density at radius 1 is 1.24 bits per heavy atom. The van der Waals surface area contributed by atoms with E-state index in [0.29, 0.717) is 5.02 Å². The second kappa shape index (κ2) is 5.05. The predicted molar refractivity (Wildman–Crippen MR) is 54.7 cm³/mol. The van der Waals surface area contributed by atoms with Crippen LogP contribution in [0.5, 0.6) is 0 Å². The first-order chi connectivity index (χ1) is 7.79. The Kier molecular flexibility index (Phi) is 3.95. The molecule has 0 aromatic heterocycles. The van der Waals surface area contributed by atoms with Crippen molar-refractivity contribution in [2.75, 3.05) is 5.32 Å². The molecule has 1 aromatic rings. The standard InChI is InChI=1S/C9H6ClF3N2O2/c10-5-2-1-3-6(4-5)14-8(17)15-7(16)9(11,12)13/h1-4H,(H2,14,15,16,17). The van der Waals surface area contributed by atoms with Gasteiger partial charge >= 0.3 is 18.1 Å². The summed E-state index contributed by atoms with van der Waals surface area (Å²) in [6.07, 6.45) is -5.11. The topological polar surface area (TPSA) is 58.2 Å². The number of imide groups is 1. The Hall–Kier alpha value is -1.76. The van der Waals surface area contributed by atoms with E-state index in [1.54, 1.807) is 0 Å². The van der Waals surface area contributed by atoms with Crippen molar-refractivity contribution in [3.05, 3.63) is 29.3 Å². The fourth-order valence-electron chi connectivity index (χ4n) is 0.903. The Bertz CT molecular complexity index is 448. The number of alkyl halides is 3. The van der Waals surface area contributed by atoms with Crippen LogP contribution in [0, 0.1) is 0 Å². The predicted octanol–water partition coefficient (Wildman–Crippen LogP) is 2.55. The Balaban J connectivity index is 2.59. The van der Waals surface area contributed by atoms with Crippen LogP contribution in [0.25, 0.3) is 0 Å². The van der Waals surface area contributed by atoms with Crippen LogP contribution in [0.15, 0.2) is 24.3 Å². The van der Waals surface area contributed by atoms with Crippen molar-refractivity contribution in [1.29, 1.82) is 0 Å². The minimum absolute atomic E-state index is 0.171. The molecule has 2 N–H and O–H groups in total. The van der Waals surface area contributed by atoms with Crippen LogP contribution in [-0.2, 0) is 4.79 Å². The summed E-state index contributed by atoms with van der Waals surface area (Å²) < 4.78 is 35.4. The van der Waals surface area contributed by atoms with Gasteiger partial charge in [-0.05, 0) is 18.2 Å². The summed E-state index contributed by atoms with van der Waals surface area (Å²) in [4.78, 5) is 21.4. The first kappa shape index (κ1) is 13.3. The fourth-order valence-corrected chi connectivity index (χ4v) is 1.09. The molecule has 0 aliphatic heterocycles. The van der Waals surface area contributed by atoms with Gasteiger partial charge in [0.15, 0.2) is 0 Å². The third kappa shape index (κ3) is 4.31. The molecule has 0 spiro atoms. The Morgan fingerprint density at radius 2 is 1.88 bits per heavy atom. The van der Waals surface area contributed by atoms with Crippen LogP contribution in [0.1, 0.15) is 0 Å². The van der Waals surface area contributed by atoms with Crippen molar-refractivity contribution in [2.24, 2.45) is 0 Å². The molecule has 0 saturated heterocycles. The first-order valence-electron chi connectivity index (χ1n) is 4.24. The summed E-state index contributed by atoms with van der Waals surface area (Å²) in [7, 11) is 0. The molecule has 0 radical (unpaired) electrons. The van der Waals surface area contributed by atoms with E-state index in [-0.39, 0.29) is 5.69 Å². The molecule has 0 unspecified atom stereocenters. The van der Waals surface area contributed by atoms with Crippen molar-refractivity contribution in [1.82, 2.24) is 5.32 Å². The molecule has 0 aliphatic rings. The zero-order valence-corrected chi connectivity index (χ0v) is 8.89. The maximum Gasteiger partial charge on any atom is 0.471 e. The smallest absolute Gasteiger partial charge is 0.308 e. The van der Waals surface area contributed by atoms with Crippen molar-refractivity contribution < 1.29 is 22.8 Å². The SMILES string of the molecule is O=C(NC(=O)C(F)(F)F)Nc1cccc(Cl)c1. The van der Waals surface area contributed by atoms with E-state index < -0.39 is 18.1 Å². The molecule has 0 fully saturated rings. The van der Waals surface area contributed by atoms with Gasteiger partial charge in [0.1, 0.15) is 0 Å². The molecule has 3 amide bonds. The van der Waals surface area contributed by atoms with E-state index in [4.69, 9.17) is 11.6 Å². The van der Waals surface area contributed by atoms with Gasteiger partial charge in [-0.3, -0.25) is 10.1 Å². The minimum Gasteiger partial charge on any atom is -0.308 e. The van der Waals surface area contributed by atoms with E-state index in [2.05, 4.69) is 0 Å². The Labute approximate surface area is 98.7 Å². The van der Waals surface area contributed by atoms with Gasteiger partial charge in [-0.1, -0.05) is 17.7 Å². The molecule has 0 heterocycles. The summed E-state index contributed by atoms with van der Waals surface area (Å²) in [6.45, 7) is 0. The maximum absolute atomic E-state index is 11.8. The van der Waals surface area contributed by atoms with Crippen LogP contribution >= 0.6 is 11.6 Å². The summed E-state index contributed by atoms with van der Waals surface area (Å²) >= 11 is 5.59. The Morgan fingerprint density at radius 3 is 2.41 bits per heavy atom. The number of carbonyl (C=O) groups is 2. The summed E-state index contributed by atoms with van der Waals surface area (Å²) in [5, 5.41) is 3.46. The lowest BCUT2D eigenvalue weighted by Crippen LogP contribution is -2.42. The number of hydrogen-bond donors (Lipinski definition) is 2. The van der Waals surface area contributed by atoms with Gasteiger partial charge in [0.2, 0.25) is 0 Å². The molecule has 17 heavy (non-hydrogen) atoms. The molecule has 0 bridgehead atoms. The van der Waals surface area contributed by atoms with Gasteiger partial charge in [0.25, 0.3) is 0 Å². The molecule has 1 aromatic carbocycles. The van der Waals surface area contributed by atoms with E-state index in [1.807, 2.05) is 5.32 Å². The highest BCUT2D eigenvalue weighted by molar-refractivity contribution is 6.30. The number of carbonyl (C=O) groups excluding carboxylic acids is 2. The van der Waals surface area contributed by atoms with Crippen molar-refractivity contribution in [3.63, 3.8) is 0 Å². The van der Waals surface area contributed by atoms with Gasteiger partial charge in [-0.15, -0.1) is 0 Å². The summed E-state index contributed by atoms with van der Waals surface area (Å²) in [5.74, 6) is -2.34. The number of nitrogens with one attached hydrogen (secondary N) is 2. The number of halogens is 4. The second-order valence-corrected chi connectivity index (χ2v) is 3.35. The summed E-state index contributed by atoms with van der Waals surface area (Å²) in [6, 6.07) is 4.45. The first-order valence-corrected chi connectivity index (χ1v) is 4.61. The highest BCUT2D eigenvalue weighted by Crippen LogP contribution is 2.16. The van der Waals surface area contributed by atoms with E-state index in [0.717, 1.165) is 5.32 Å². The number of rotatable bonds is 1. The lowest BCUT2D eigenvalue weighted by molar-refractivity contribution is -0.172. The van der Waals surface area contributed by atoms with Crippen LogP contribution < -0.4 is 10.6 Å². The second-order valence-electron chi connectivity index (χ2n) is 2.92. The van der Waals surface area contributed by atoms with Gasteiger partial charge in [-0.25, -0.2) is 4.79 Å². The van der Waals surface area contributed by atoms with Gasteiger partial charge in [0, 0.05) is 10.7 Å². The average Bonchev–Trinajstić information content (AvgIpc) is 2.15. The highest BCUT2D eigenvalue weighted by Gasteiger charge is 2.39. The quantitative estimate of drug-likeness (QED) is 0.821. The number of anilines is 1. The molecule has 8 heteroatoms. The normalized spacial score (nSPS) is 10.8. The monoisotopic (exact) mass is 266 g/mol. The average molecular weight is 267 g/mol. The molecule has 1 rings (SSSR count). The van der Waals surface area contributed by atoms with Gasteiger partial charge in [0.05, 0.1) is 0 Å². The van der Waals surface area contributed by atoms with Gasteiger partial charge in [-0.2, -0.15) is 13.2 Å². The lowest BCUT2D eigenvalue weighted by atomic mass is 10.3. The van der Waals surface area contributed by atoms with Crippen LogP contribution in [-0.4, -0.2) is 18.1 Å². The number of urea groups is 1. The zero-order chi connectivity index (χ0) is 13.1. The zero-order valence-electron chi connectivity index (χ0n) is 8.14. The van der Waals surface area contributed by atoms with Crippen LogP contribution in [0.4, 0.5) is 23.7 Å².